The minimum Gasteiger partial charge on any atom is -0.497 e. The van der Waals surface area contributed by atoms with Crippen LogP contribution in [0, 0.1) is 11.8 Å². The van der Waals surface area contributed by atoms with Crippen molar-refractivity contribution >= 4 is 11.7 Å². The van der Waals surface area contributed by atoms with Crippen molar-refractivity contribution < 1.29 is 23.7 Å². The Bertz CT molecular complexity index is 594. The molecule has 0 aromatic heterocycles. The normalized spacial score (nSPS) is 27.8. The third kappa shape index (κ3) is 3.14. The monoisotopic (exact) mass is 336 g/mol. The molecule has 2 amide bonds. The predicted molar refractivity (Wildman–Crippen MR) is 88.7 cm³/mol. The van der Waals surface area contributed by atoms with E-state index in [2.05, 4.69) is 10.6 Å². The third-order valence-electron chi connectivity index (χ3n) is 4.84. The number of urea groups is 1. The maximum Gasteiger partial charge on any atom is 0.319 e. The molecule has 0 unspecified atom stereocenters. The minimum absolute atomic E-state index is 0.0639. The van der Waals surface area contributed by atoms with Crippen molar-refractivity contribution in [2.45, 2.75) is 18.6 Å². The fourth-order valence-electron chi connectivity index (χ4n) is 3.66. The second-order valence-electron chi connectivity index (χ2n) is 6.10. The maximum absolute atomic E-state index is 12.4. The lowest BCUT2D eigenvalue weighted by molar-refractivity contribution is -0.0798. The van der Waals surface area contributed by atoms with Gasteiger partial charge in [-0.2, -0.15) is 0 Å². The lowest BCUT2D eigenvalue weighted by Crippen LogP contribution is -2.63. The number of anilines is 1. The largest absolute Gasteiger partial charge is 0.497 e. The van der Waals surface area contributed by atoms with Crippen LogP contribution in [-0.4, -0.2) is 52.7 Å². The number of rotatable bonds is 6. The molecule has 1 heterocycles. The Morgan fingerprint density at radius 2 is 2.12 bits per heavy atom. The summed E-state index contributed by atoms with van der Waals surface area (Å²) in [4.78, 5) is 12.4. The molecule has 2 aliphatic rings. The van der Waals surface area contributed by atoms with Gasteiger partial charge in [0.15, 0.2) is 0 Å². The molecule has 24 heavy (non-hydrogen) atoms. The van der Waals surface area contributed by atoms with Gasteiger partial charge in [0, 0.05) is 37.7 Å². The summed E-state index contributed by atoms with van der Waals surface area (Å²) in [5.41, 5.74) is 0.566. The molecule has 7 heteroatoms. The Labute approximate surface area is 141 Å². The highest BCUT2D eigenvalue weighted by molar-refractivity contribution is 5.91. The fraction of sp³-hybridized carbons (Fsp3) is 0.588. The van der Waals surface area contributed by atoms with Gasteiger partial charge >= 0.3 is 6.03 Å². The lowest BCUT2D eigenvalue weighted by atomic mass is 9.67. The van der Waals surface area contributed by atoms with E-state index in [0.29, 0.717) is 29.7 Å². The smallest absolute Gasteiger partial charge is 0.319 e. The zero-order valence-corrected chi connectivity index (χ0v) is 14.2. The van der Waals surface area contributed by atoms with Crippen molar-refractivity contribution in [1.82, 2.24) is 5.32 Å². The van der Waals surface area contributed by atoms with Gasteiger partial charge in [0.1, 0.15) is 11.5 Å². The second-order valence-corrected chi connectivity index (χ2v) is 6.10. The Hall–Kier alpha value is -1.99. The highest BCUT2D eigenvalue weighted by Gasteiger charge is 2.54. The molecule has 3 rings (SSSR count). The van der Waals surface area contributed by atoms with Crippen LogP contribution >= 0.6 is 0 Å². The number of carbonyl (C=O) groups excluding carboxylic acids is 1. The highest BCUT2D eigenvalue weighted by atomic mass is 16.5. The molecule has 1 aliphatic heterocycles. The number of hydrogen-bond acceptors (Lipinski definition) is 5. The van der Waals surface area contributed by atoms with Crippen LogP contribution in [0.5, 0.6) is 11.5 Å². The first-order valence-electron chi connectivity index (χ1n) is 8.08. The summed E-state index contributed by atoms with van der Waals surface area (Å²) in [6.45, 7) is 1.33. The Morgan fingerprint density at radius 1 is 1.29 bits per heavy atom. The van der Waals surface area contributed by atoms with Gasteiger partial charge in [-0.05, 0) is 18.6 Å². The zero-order valence-electron chi connectivity index (χ0n) is 14.2. The van der Waals surface area contributed by atoms with Crippen molar-refractivity contribution in [2.24, 2.45) is 11.8 Å². The number of ether oxygens (including phenoxy) is 4. The Balaban J connectivity index is 1.65. The van der Waals surface area contributed by atoms with E-state index >= 15 is 0 Å². The van der Waals surface area contributed by atoms with Crippen LogP contribution in [0.2, 0.25) is 0 Å². The lowest BCUT2D eigenvalue weighted by Gasteiger charge is -2.47. The summed E-state index contributed by atoms with van der Waals surface area (Å²) in [6, 6.07) is 5.06. The predicted octanol–water partition coefficient (Wildman–Crippen LogP) is 1.88. The number of benzene rings is 1. The van der Waals surface area contributed by atoms with E-state index in [-0.39, 0.29) is 24.1 Å². The number of amides is 2. The molecule has 2 fully saturated rings. The quantitative estimate of drug-likeness (QED) is 0.829. The van der Waals surface area contributed by atoms with Gasteiger partial charge in [0.25, 0.3) is 0 Å². The van der Waals surface area contributed by atoms with E-state index in [4.69, 9.17) is 18.9 Å². The third-order valence-corrected chi connectivity index (χ3v) is 4.84. The molecule has 1 aliphatic carbocycles. The topological polar surface area (TPSA) is 78.1 Å². The fourth-order valence-corrected chi connectivity index (χ4v) is 3.66. The molecule has 1 aromatic rings. The minimum atomic E-state index is -0.266. The average molecular weight is 336 g/mol. The molecule has 0 radical (unpaired) electrons. The molecule has 132 valence electrons. The van der Waals surface area contributed by atoms with Gasteiger partial charge in [-0.1, -0.05) is 0 Å². The summed E-state index contributed by atoms with van der Waals surface area (Å²) in [5.74, 6) is 1.79. The van der Waals surface area contributed by atoms with Gasteiger partial charge in [0.05, 0.1) is 32.6 Å². The first kappa shape index (κ1) is 16.9. The first-order chi connectivity index (χ1) is 11.7. The zero-order chi connectivity index (χ0) is 17.1. The first-order valence-corrected chi connectivity index (χ1v) is 8.08. The van der Waals surface area contributed by atoms with E-state index in [0.717, 1.165) is 13.0 Å². The van der Waals surface area contributed by atoms with Crippen LogP contribution in [-0.2, 0) is 9.47 Å². The molecular formula is C17H24N2O5. The standard InChI is InChI=1S/C17H24N2O5/c1-21-9-12-15(11-6-7-24-16(11)12)19-17(20)18-13-8-10(22-2)4-5-14(13)23-3/h4-5,8,11-12,15-16H,6-7,9H2,1-3H3,(H2,18,19,20)/t11-,12+,15-,16-/m0/s1. The average Bonchev–Trinajstić information content (AvgIpc) is 3.02. The molecule has 4 atom stereocenters. The summed E-state index contributed by atoms with van der Waals surface area (Å²) in [5, 5.41) is 5.89. The van der Waals surface area contributed by atoms with Crippen LogP contribution in [0.1, 0.15) is 6.42 Å². The van der Waals surface area contributed by atoms with Crippen LogP contribution < -0.4 is 20.1 Å². The molecule has 7 nitrogen and oxygen atoms in total. The Kier molecular flexibility index (Phi) is 5.11. The van der Waals surface area contributed by atoms with Crippen molar-refractivity contribution in [3.8, 4) is 11.5 Å². The van der Waals surface area contributed by atoms with Crippen LogP contribution in [0.3, 0.4) is 0 Å². The second kappa shape index (κ2) is 7.27. The molecule has 1 saturated heterocycles. The van der Waals surface area contributed by atoms with Crippen molar-refractivity contribution in [2.75, 3.05) is 39.9 Å². The number of nitrogens with one attached hydrogen (secondary N) is 2. The molecule has 1 aromatic carbocycles. The van der Waals surface area contributed by atoms with E-state index in [1.165, 1.54) is 0 Å². The van der Waals surface area contributed by atoms with Gasteiger partial charge in [-0.15, -0.1) is 0 Å². The highest BCUT2D eigenvalue weighted by Crippen LogP contribution is 2.43. The van der Waals surface area contributed by atoms with Gasteiger partial charge in [0.2, 0.25) is 0 Å². The maximum atomic E-state index is 12.4. The molecule has 2 N–H and O–H groups in total. The number of fused-ring (bicyclic) bond motifs is 1. The summed E-state index contributed by atoms with van der Waals surface area (Å²) in [7, 11) is 4.81. The van der Waals surface area contributed by atoms with Gasteiger partial charge < -0.3 is 29.6 Å². The van der Waals surface area contributed by atoms with Crippen molar-refractivity contribution in [3.05, 3.63) is 18.2 Å². The van der Waals surface area contributed by atoms with E-state index in [1.54, 1.807) is 39.5 Å². The molecule has 1 saturated carbocycles. The van der Waals surface area contributed by atoms with Gasteiger partial charge in [-0.25, -0.2) is 4.79 Å². The molecular weight excluding hydrogens is 312 g/mol. The summed E-state index contributed by atoms with van der Waals surface area (Å²) < 4.78 is 21.5. The van der Waals surface area contributed by atoms with Crippen LogP contribution in [0.25, 0.3) is 0 Å². The van der Waals surface area contributed by atoms with E-state index in [1.807, 2.05) is 0 Å². The van der Waals surface area contributed by atoms with E-state index in [9.17, 15) is 4.79 Å². The van der Waals surface area contributed by atoms with Crippen LogP contribution in [0.4, 0.5) is 10.5 Å². The Morgan fingerprint density at radius 3 is 2.83 bits per heavy atom. The summed E-state index contributed by atoms with van der Waals surface area (Å²) >= 11 is 0. The van der Waals surface area contributed by atoms with Gasteiger partial charge in [-0.3, -0.25) is 0 Å². The van der Waals surface area contributed by atoms with E-state index < -0.39 is 0 Å². The number of carbonyl (C=O) groups is 1. The number of hydrogen-bond donors (Lipinski definition) is 2. The molecule has 0 spiro atoms. The van der Waals surface area contributed by atoms with Crippen molar-refractivity contribution in [1.29, 1.82) is 0 Å². The van der Waals surface area contributed by atoms with Crippen molar-refractivity contribution in [3.63, 3.8) is 0 Å². The molecule has 0 bridgehead atoms. The number of methoxy groups -OCH3 is 3. The SMILES string of the molecule is COC[C@@H]1[C@@H](NC(=O)Nc2cc(OC)ccc2OC)[C@@H]2CCO[C@H]12. The van der Waals surface area contributed by atoms with Crippen LogP contribution in [0.15, 0.2) is 18.2 Å². The summed E-state index contributed by atoms with van der Waals surface area (Å²) in [6.07, 6.45) is 1.17.